The molecule has 0 fully saturated rings. The number of imidazole rings is 1. The zero-order valence-electron chi connectivity index (χ0n) is 9.90. The van der Waals surface area contributed by atoms with E-state index in [2.05, 4.69) is 10.3 Å². The van der Waals surface area contributed by atoms with Crippen LogP contribution in [0, 0.1) is 11.6 Å². The lowest BCUT2D eigenvalue weighted by atomic mass is 10.2. The molecule has 0 aliphatic heterocycles. The number of nitrogen functional groups attached to an aromatic ring is 1. The molecule has 0 spiro atoms. The molecule has 0 amide bonds. The largest absolute Gasteiger partial charge is 0.395 e. The smallest absolute Gasteiger partial charge is 0.151 e. The van der Waals surface area contributed by atoms with Crippen molar-refractivity contribution >= 4 is 11.4 Å². The fraction of sp³-hybridized carbons (Fsp3) is 0.250. The maximum atomic E-state index is 13.2. The highest BCUT2D eigenvalue weighted by Crippen LogP contribution is 2.24. The number of nitrogens with two attached hydrogens (primary N) is 1. The van der Waals surface area contributed by atoms with E-state index in [1.54, 1.807) is 12.5 Å². The highest BCUT2D eigenvalue weighted by Gasteiger charge is 2.10. The van der Waals surface area contributed by atoms with Crippen LogP contribution in [0.4, 0.5) is 20.2 Å². The van der Waals surface area contributed by atoms with Crippen LogP contribution in [-0.2, 0) is 6.54 Å². The average molecular weight is 252 g/mol. The molecule has 1 heterocycles. The van der Waals surface area contributed by atoms with E-state index in [-0.39, 0.29) is 17.4 Å². The zero-order chi connectivity index (χ0) is 13.1. The Bertz CT molecular complexity index is 525. The SMILES string of the molecule is CC(Cn1ccnc1)Nc1cc(F)cc(F)c1N. The van der Waals surface area contributed by atoms with E-state index in [0.29, 0.717) is 6.54 Å². The summed E-state index contributed by atoms with van der Waals surface area (Å²) in [4.78, 5) is 3.92. The third-order valence-electron chi connectivity index (χ3n) is 2.54. The summed E-state index contributed by atoms with van der Waals surface area (Å²) in [5.41, 5.74) is 5.74. The lowest BCUT2D eigenvalue weighted by Crippen LogP contribution is -2.22. The minimum Gasteiger partial charge on any atom is -0.395 e. The predicted octanol–water partition coefficient (Wildman–Crippen LogP) is 2.24. The van der Waals surface area contributed by atoms with Gasteiger partial charge in [0.05, 0.1) is 17.7 Å². The number of benzene rings is 1. The standard InChI is InChI=1S/C12H14F2N4/c1-8(6-18-3-2-16-7-18)17-11-5-9(13)4-10(14)12(11)15/h2-5,7-8,17H,6,15H2,1H3. The van der Waals surface area contributed by atoms with Gasteiger partial charge in [-0.2, -0.15) is 0 Å². The van der Waals surface area contributed by atoms with E-state index in [4.69, 9.17) is 5.73 Å². The van der Waals surface area contributed by atoms with E-state index in [9.17, 15) is 8.78 Å². The molecule has 1 aromatic carbocycles. The number of nitrogens with zero attached hydrogens (tertiary/aromatic N) is 2. The van der Waals surface area contributed by atoms with Gasteiger partial charge in [-0.1, -0.05) is 0 Å². The molecule has 0 aliphatic carbocycles. The van der Waals surface area contributed by atoms with Crippen LogP contribution >= 0.6 is 0 Å². The third-order valence-corrected chi connectivity index (χ3v) is 2.54. The van der Waals surface area contributed by atoms with Gasteiger partial charge in [0, 0.05) is 31.0 Å². The fourth-order valence-corrected chi connectivity index (χ4v) is 1.73. The number of rotatable bonds is 4. The molecule has 1 atom stereocenters. The van der Waals surface area contributed by atoms with Gasteiger partial charge in [-0.15, -0.1) is 0 Å². The van der Waals surface area contributed by atoms with Gasteiger partial charge >= 0.3 is 0 Å². The molecule has 2 rings (SSSR count). The van der Waals surface area contributed by atoms with Gasteiger partial charge in [-0.3, -0.25) is 0 Å². The summed E-state index contributed by atoms with van der Waals surface area (Å²) in [5, 5.41) is 2.98. The topological polar surface area (TPSA) is 55.9 Å². The molecule has 0 aliphatic rings. The first-order valence-electron chi connectivity index (χ1n) is 5.53. The van der Waals surface area contributed by atoms with Gasteiger partial charge in [-0.05, 0) is 13.0 Å². The molecule has 0 bridgehead atoms. The first kappa shape index (κ1) is 12.3. The van der Waals surface area contributed by atoms with Crippen molar-refractivity contribution in [3.63, 3.8) is 0 Å². The van der Waals surface area contributed by atoms with Crippen LogP contribution in [-0.4, -0.2) is 15.6 Å². The first-order valence-corrected chi connectivity index (χ1v) is 5.53. The predicted molar refractivity (Wildman–Crippen MR) is 66.1 cm³/mol. The minimum atomic E-state index is -0.757. The molecule has 1 aromatic heterocycles. The van der Waals surface area contributed by atoms with Gasteiger partial charge in [0.25, 0.3) is 0 Å². The van der Waals surface area contributed by atoms with Gasteiger partial charge < -0.3 is 15.6 Å². The van der Waals surface area contributed by atoms with Crippen molar-refractivity contribution in [3.8, 4) is 0 Å². The van der Waals surface area contributed by atoms with Crippen molar-refractivity contribution in [2.45, 2.75) is 19.5 Å². The highest BCUT2D eigenvalue weighted by molar-refractivity contribution is 5.67. The molecule has 18 heavy (non-hydrogen) atoms. The van der Waals surface area contributed by atoms with Crippen LogP contribution in [0.3, 0.4) is 0 Å². The Morgan fingerprint density at radius 1 is 1.44 bits per heavy atom. The van der Waals surface area contributed by atoms with E-state index in [1.165, 1.54) is 6.07 Å². The summed E-state index contributed by atoms with van der Waals surface area (Å²) in [6.07, 6.45) is 5.16. The molecular formula is C12H14F2N4. The summed E-state index contributed by atoms with van der Waals surface area (Å²) >= 11 is 0. The maximum Gasteiger partial charge on any atom is 0.151 e. The quantitative estimate of drug-likeness (QED) is 0.820. The van der Waals surface area contributed by atoms with Crippen molar-refractivity contribution in [2.24, 2.45) is 0 Å². The van der Waals surface area contributed by atoms with Crippen molar-refractivity contribution in [3.05, 3.63) is 42.5 Å². The van der Waals surface area contributed by atoms with Crippen LogP contribution < -0.4 is 11.1 Å². The molecule has 2 aromatic rings. The fourth-order valence-electron chi connectivity index (χ4n) is 1.73. The van der Waals surface area contributed by atoms with Crippen LogP contribution in [0.1, 0.15) is 6.92 Å². The molecule has 4 nitrogen and oxygen atoms in total. The normalized spacial score (nSPS) is 12.4. The number of aromatic nitrogens is 2. The monoisotopic (exact) mass is 252 g/mol. The van der Waals surface area contributed by atoms with Crippen LogP contribution in [0.2, 0.25) is 0 Å². The lowest BCUT2D eigenvalue weighted by Gasteiger charge is -2.17. The second-order valence-electron chi connectivity index (χ2n) is 4.15. The number of nitrogens with one attached hydrogen (secondary N) is 1. The summed E-state index contributed by atoms with van der Waals surface area (Å²) in [5.74, 6) is -1.41. The summed E-state index contributed by atoms with van der Waals surface area (Å²) < 4.78 is 28.2. The van der Waals surface area contributed by atoms with E-state index in [0.717, 1.165) is 6.07 Å². The van der Waals surface area contributed by atoms with E-state index >= 15 is 0 Å². The van der Waals surface area contributed by atoms with Gasteiger partial charge in [-0.25, -0.2) is 13.8 Å². The molecule has 0 saturated carbocycles. The van der Waals surface area contributed by atoms with Crippen molar-refractivity contribution in [1.82, 2.24) is 9.55 Å². The highest BCUT2D eigenvalue weighted by atomic mass is 19.1. The Labute approximate surface area is 103 Å². The molecule has 0 saturated heterocycles. The Morgan fingerprint density at radius 3 is 2.89 bits per heavy atom. The lowest BCUT2D eigenvalue weighted by molar-refractivity contribution is 0.584. The number of anilines is 2. The molecule has 3 N–H and O–H groups in total. The number of halogens is 2. The van der Waals surface area contributed by atoms with Gasteiger partial charge in [0.15, 0.2) is 5.82 Å². The Morgan fingerprint density at radius 2 is 2.22 bits per heavy atom. The van der Waals surface area contributed by atoms with Gasteiger partial charge in [0.1, 0.15) is 5.82 Å². The molecule has 1 unspecified atom stereocenters. The summed E-state index contributed by atoms with van der Waals surface area (Å²) in [6, 6.07) is 1.91. The number of hydrogen-bond acceptors (Lipinski definition) is 3. The maximum absolute atomic E-state index is 13.2. The Hall–Kier alpha value is -2.11. The van der Waals surface area contributed by atoms with Crippen LogP contribution in [0.5, 0.6) is 0 Å². The van der Waals surface area contributed by atoms with Crippen molar-refractivity contribution in [1.29, 1.82) is 0 Å². The van der Waals surface area contributed by atoms with Gasteiger partial charge in [0.2, 0.25) is 0 Å². The average Bonchev–Trinajstić information content (AvgIpc) is 2.77. The molecule has 6 heteroatoms. The Kier molecular flexibility index (Phi) is 3.45. The molecular weight excluding hydrogens is 238 g/mol. The van der Waals surface area contributed by atoms with Crippen molar-refractivity contribution < 1.29 is 8.78 Å². The number of hydrogen-bond donors (Lipinski definition) is 2. The molecule has 96 valence electrons. The van der Waals surface area contributed by atoms with Crippen LogP contribution in [0.15, 0.2) is 30.9 Å². The minimum absolute atomic E-state index is 0.0392. The van der Waals surface area contributed by atoms with Crippen LogP contribution in [0.25, 0.3) is 0 Å². The third kappa shape index (κ3) is 2.77. The van der Waals surface area contributed by atoms with E-state index in [1.807, 2.05) is 17.7 Å². The summed E-state index contributed by atoms with van der Waals surface area (Å²) in [6.45, 7) is 2.51. The summed E-state index contributed by atoms with van der Waals surface area (Å²) in [7, 11) is 0. The van der Waals surface area contributed by atoms with Crippen molar-refractivity contribution in [2.75, 3.05) is 11.1 Å². The second kappa shape index (κ2) is 5.03. The zero-order valence-corrected chi connectivity index (χ0v) is 9.90. The Balaban J connectivity index is 2.09. The molecule has 0 radical (unpaired) electrons. The second-order valence-corrected chi connectivity index (χ2v) is 4.15. The van der Waals surface area contributed by atoms with E-state index < -0.39 is 11.6 Å². The first-order chi connectivity index (χ1) is 8.56.